The average Bonchev–Trinajstić information content (AvgIpc) is 2.54. The van der Waals surface area contributed by atoms with Crippen molar-refractivity contribution in [3.63, 3.8) is 0 Å². The number of benzene rings is 2. The van der Waals surface area contributed by atoms with E-state index in [9.17, 15) is 13.2 Å². The highest BCUT2D eigenvalue weighted by atomic mass is 35.5. The first-order valence-corrected chi connectivity index (χ1v) is 8.96. The van der Waals surface area contributed by atoms with Crippen LogP contribution in [0.3, 0.4) is 0 Å². The van der Waals surface area contributed by atoms with Crippen LogP contribution < -0.4 is 14.8 Å². The molecule has 2 aromatic rings. The molecular formula is C16H17ClN2O4S. The summed E-state index contributed by atoms with van der Waals surface area (Å²) in [4.78, 5) is 11.9. The number of hydrogen-bond acceptors (Lipinski definition) is 4. The molecule has 2 rings (SSSR count). The van der Waals surface area contributed by atoms with Crippen molar-refractivity contribution in [2.45, 2.75) is 11.3 Å². The number of sulfonamides is 1. The number of carbonyl (C=O) groups is 1. The van der Waals surface area contributed by atoms with Crippen LogP contribution in [0, 0.1) is 0 Å². The Hall–Kier alpha value is -2.09. The first-order chi connectivity index (χ1) is 11.4. The fourth-order valence-corrected chi connectivity index (χ4v) is 3.15. The van der Waals surface area contributed by atoms with Crippen LogP contribution in [0.15, 0.2) is 53.4 Å². The first-order valence-electron chi connectivity index (χ1n) is 7.10. The summed E-state index contributed by atoms with van der Waals surface area (Å²) >= 11 is 5.83. The number of halogens is 1. The molecule has 2 N–H and O–H groups in total. The van der Waals surface area contributed by atoms with Gasteiger partial charge in [-0.25, -0.2) is 13.1 Å². The molecule has 0 aliphatic heterocycles. The molecule has 0 unspecified atom stereocenters. The van der Waals surface area contributed by atoms with Crippen LogP contribution in [-0.4, -0.2) is 28.0 Å². The number of amides is 1. The maximum atomic E-state index is 12.1. The molecule has 0 radical (unpaired) electrons. The van der Waals surface area contributed by atoms with Crippen molar-refractivity contribution in [2.75, 3.05) is 19.0 Å². The Bertz CT molecular complexity index is 807. The van der Waals surface area contributed by atoms with Gasteiger partial charge in [0.15, 0.2) is 0 Å². The maximum Gasteiger partial charge on any atom is 0.240 e. The molecule has 24 heavy (non-hydrogen) atoms. The molecule has 128 valence electrons. The molecule has 6 nitrogen and oxygen atoms in total. The zero-order valence-electron chi connectivity index (χ0n) is 13.0. The van der Waals surface area contributed by atoms with E-state index in [-0.39, 0.29) is 23.8 Å². The maximum absolute atomic E-state index is 12.1. The van der Waals surface area contributed by atoms with Gasteiger partial charge in [-0.05, 0) is 42.5 Å². The molecule has 0 fully saturated rings. The minimum atomic E-state index is -3.67. The monoisotopic (exact) mass is 368 g/mol. The predicted molar refractivity (Wildman–Crippen MR) is 92.9 cm³/mol. The van der Waals surface area contributed by atoms with Gasteiger partial charge < -0.3 is 10.1 Å². The van der Waals surface area contributed by atoms with Gasteiger partial charge in [0.05, 0.1) is 12.0 Å². The second-order valence-electron chi connectivity index (χ2n) is 4.88. The zero-order chi connectivity index (χ0) is 17.6. The van der Waals surface area contributed by atoms with Gasteiger partial charge in [0, 0.05) is 23.7 Å². The third-order valence-electron chi connectivity index (χ3n) is 3.12. The van der Waals surface area contributed by atoms with Gasteiger partial charge in [0.1, 0.15) is 5.75 Å². The van der Waals surface area contributed by atoms with Crippen molar-refractivity contribution in [2.24, 2.45) is 0 Å². The summed E-state index contributed by atoms with van der Waals surface area (Å²) in [6, 6.07) is 12.7. The Labute approximate surface area is 145 Å². The van der Waals surface area contributed by atoms with E-state index >= 15 is 0 Å². The van der Waals surface area contributed by atoms with Crippen LogP contribution in [-0.2, 0) is 14.8 Å². The van der Waals surface area contributed by atoms with Crippen LogP contribution in [0.4, 0.5) is 5.69 Å². The average molecular weight is 369 g/mol. The Kier molecular flexibility index (Phi) is 6.19. The van der Waals surface area contributed by atoms with E-state index in [0.717, 1.165) is 0 Å². The summed E-state index contributed by atoms with van der Waals surface area (Å²) in [6.07, 6.45) is 0.00188. The second kappa shape index (κ2) is 8.14. The molecule has 0 heterocycles. The molecule has 8 heteroatoms. The van der Waals surface area contributed by atoms with Gasteiger partial charge in [0.25, 0.3) is 0 Å². The summed E-state index contributed by atoms with van der Waals surface area (Å²) < 4.78 is 31.6. The number of ether oxygens (including phenoxy) is 1. The first kappa shape index (κ1) is 18.3. The number of anilines is 1. The highest BCUT2D eigenvalue weighted by Crippen LogP contribution is 2.16. The van der Waals surface area contributed by atoms with Gasteiger partial charge in [-0.15, -0.1) is 0 Å². The molecule has 0 saturated heterocycles. The highest BCUT2D eigenvalue weighted by Gasteiger charge is 2.14. The Morgan fingerprint density at radius 2 is 1.88 bits per heavy atom. The molecule has 0 atom stereocenters. The predicted octanol–water partition coefficient (Wildman–Crippen LogP) is 2.66. The van der Waals surface area contributed by atoms with Crippen molar-refractivity contribution in [1.29, 1.82) is 0 Å². The van der Waals surface area contributed by atoms with Crippen LogP contribution in [0.1, 0.15) is 6.42 Å². The third-order valence-corrected chi connectivity index (χ3v) is 4.83. The lowest BCUT2D eigenvalue weighted by Crippen LogP contribution is -2.27. The smallest absolute Gasteiger partial charge is 0.240 e. The number of nitrogens with one attached hydrogen (secondary N) is 2. The number of methoxy groups -OCH3 is 1. The third kappa shape index (κ3) is 5.23. The van der Waals surface area contributed by atoms with E-state index < -0.39 is 10.0 Å². The standard InChI is InChI=1S/C16H17ClN2O4S/c1-23-14-5-7-15(8-6-14)24(21,22)18-10-9-16(20)19-13-4-2-3-12(17)11-13/h2-8,11,18H,9-10H2,1H3,(H,19,20). The van der Waals surface area contributed by atoms with Gasteiger partial charge in [-0.3, -0.25) is 4.79 Å². The van der Waals surface area contributed by atoms with Crippen molar-refractivity contribution < 1.29 is 17.9 Å². The largest absolute Gasteiger partial charge is 0.497 e. The molecule has 0 aliphatic rings. The van der Waals surface area contributed by atoms with E-state index in [1.165, 1.54) is 19.2 Å². The van der Waals surface area contributed by atoms with Crippen LogP contribution in [0.25, 0.3) is 0 Å². The zero-order valence-corrected chi connectivity index (χ0v) is 14.5. The summed E-state index contributed by atoms with van der Waals surface area (Å²) in [5.41, 5.74) is 0.561. The van der Waals surface area contributed by atoms with Gasteiger partial charge in [0.2, 0.25) is 15.9 Å². The van der Waals surface area contributed by atoms with Crippen molar-refractivity contribution >= 4 is 33.2 Å². The molecule has 0 saturated carbocycles. The lowest BCUT2D eigenvalue weighted by Gasteiger charge is -2.08. The van der Waals surface area contributed by atoms with E-state index in [4.69, 9.17) is 16.3 Å². The number of carbonyl (C=O) groups excluding carboxylic acids is 1. The molecule has 0 bridgehead atoms. The second-order valence-corrected chi connectivity index (χ2v) is 7.09. The van der Waals surface area contributed by atoms with Crippen molar-refractivity contribution in [3.05, 3.63) is 53.6 Å². The van der Waals surface area contributed by atoms with Crippen LogP contribution in [0.5, 0.6) is 5.75 Å². The minimum absolute atomic E-state index is 0.00188. The van der Waals surface area contributed by atoms with Gasteiger partial charge >= 0.3 is 0 Å². The van der Waals surface area contributed by atoms with E-state index in [0.29, 0.717) is 16.5 Å². The fraction of sp³-hybridized carbons (Fsp3) is 0.188. The molecule has 1 amide bonds. The molecule has 2 aromatic carbocycles. The summed E-state index contributed by atoms with van der Waals surface area (Å²) in [5, 5.41) is 3.16. The Morgan fingerprint density at radius 3 is 2.50 bits per heavy atom. The Morgan fingerprint density at radius 1 is 1.17 bits per heavy atom. The lowest BCUT2D eigenvalue weighted by atomic mass is 10.3. The normalized spacial score (nSPS) is 11.1. The summed E-state index contributed by atoms with van der Waals surface area (Å²) in [5.74, 6) is 0.254. The summed E-state index contributed by atoms with van der Waals surface area (Å²) in [6.45, 7) is -0.0131. The highest BCUT2D eigenvalue weighted by molar-refractivity contribution is 7.89. The van der Waals surface area contributed by atoms with Gasteiger partial charge in [-0.1, -0.05) is 17.7 Å². The van der Waals surface area contributed by atoms with Crippen molar-refractivity contribution in [3.8, 4) is 5.75 Å². The quantitative estimate of drug-likeness (QED) is 0.786. The molecule has 0 aliphatic carbocycles. The number of rotatable bonds is 7. The lowest BCUT2D eigenvalue weighted by molar-refractivity contribution is -0.116. The minimum Gasteiger partial charge on any atom is -0.497 e. The fourth-order valence-electron chi connectivity index (χ4n) is 1.93. The van der Waals surface area contributed by atoms with E-state index in [2.05, 4.69) is 10.0 Å². The van der Waals surface area contributed by atoms with Crippen LogP contribution >= 0.6 is 11.6 Å². The molecule has 0 spiro atoms. The van der Waals surface area contributed by atoms with E-state index in [1.54, 1.807) is 36.4 Å². The Balaban J connectivity index is 1.86. The van der Waals surface area contributed by atoms with Crippen molar-refractivity contribution in [1.82, 2.24) is 4.72 Å². The van der Waals surface area contributed by atoms with E-state index in [1.807, 2.05) is 0 Å². The van der Waals surface area contributed by atoms with Gasteiger partial charge in [-0.2, -0.15) is 0 Å². The topological polar surface area (TPSA) is 84.5 Å². The number of hydrogen-bond donors (Lipinski definition) is 2. The van der Waals surface area contributed by atoms with Crippen LogP contribution in [0.2, 0.25) is 5.02 Å². The SMILES string of the molecule is COc1ccc(S(=O)(=O)NCCC(=O)Nc2cccc(Cl)c2)cc1. The summed E-state index contributed by atoms with van der Waals surface area (Å²) in [7, 11) is -2.17. The molecular weight excluding hydrogens is 352 g/mol. The molecule has 0 aromatic heterocycles.